The lowest BCUT2D eigenvalue weighted by Gasteiger charge is -2.27. The van der Waals surface area contributed by atoms with Crippen LogP contribution in [0.15, 0.2) is 49.1 Å². The molecule has 4 heterocycles. The number of halogens is 1. The zero-order valence-corrected chi connectivity index (χ0v) is 21.6. The minimum absolute atomic E-state index is 0.00647. The molecule has 2 amide bonds. The molecule has 37 heavy (non-hydrogen) atoms. The summed E-state index contributed by atoms with van der Waals surface area (Å²) < 4.78 is 8.62. The Morgan fingerprint density at radius 2 is 2.14 bits per heavy atom. The monoisotopic (exact) mass is 521 g/mol. The molecule has 10 nitrogen and oxygen atoms in total. The first-order valence-electron chi connectivity index (χ1n) is 12.2. The second-order valence-electron chi connectivity index (χ2n) is 9.37. The third-order valence-electron chi connectivity index (χ3n) is 6.64. The molecule has 1 N–H and O–H groups in total. The van der Waals surface area contributed by atoms with Crippen molar-refractivity contribution in [1.82, 2.24) is 29.3 Å². The second-order valence-corrected chi connectivity index (χ2v) is 9.81. The van der Waals surface area contributed by atoms with Gasteiger partial charge in [-0.2, -0.15) is 10.2 Å². The molecular formula is C26H28ClN7O3. The minimum atomic E-state index is -0.402. The third kappa shape index (κ3) is 4.89. The smallest absolute Gasteiger partial charge is 0.261 e. The molecule has 0 bridgehead atoms. The second kappa shape index (κ2) is 10.2. The molecule has 1 aliphatic heterocycles. The lowest BCUT2D eigenvalue weighted by atomic mass is 10.0. The van der Waals surface area contributed by atoms with Gasteiger partial charge in [0.1, 0.15) is 23.6 Å². The van der Waals surface area contributed by atoms with Gasteiger partial charge in [-0.3, -0.25) is 14.3 Å². The number of anilines is 1. The predicted octanol–water partition coefficient (Wildman–Crippen LogP) is 4.15. The van der Waals surface area contributed by atoms with Crippen molar-refractivity contribution in [2.75, 3.05) is 19.0 Å². The number of carbonyl (C=O) groups excluding carboxylic acids is 2. The van der Waals surface area contributed by atoms with E-state index in [9.17, 15) is 9.59 Å². The van der Waals surface area contributed by atoms with Crippen LogP contribution in [-0.4, -0.2) is 60.8 Å². The van der Waals surface area contributed by atoms with Gasteiger partial charge in [-0.05, 0) is 43.0 Å². The molecule has 1 aromatic carbocycles. The van der Waals surface area contributed by atoms with Crippen molar-refractivity contribution in [3.63, 3.8) is 0 Å². The van der Waals surface area contributed by atoms with E-state index in [-0.39, 0.29) is 18.5 Å². The number of nitrogens with zero attached hydrogens (tertiary/aromatic N) is 6. The van der Waals surface area contributed by atoms with Gasteiger partial charge in [0.25, 0.3) is 5.91 Å². The van der Waals surface area contributed by atoms with Crippen molar-refractivity contribution in [3.05, 3.63) is 59.6 Å². The van der Waals surface area contributed by atoms with Crippen LogP contribution in [-0.2, 0) is 11.3 Å². The Kier molecular flexibility index (Phi) is 6.84. The van der Waals surface area contributed by atoms with Gasteiger partial charge < -0.3 is 15.0 Å². The summed E-state index contributed by atoms with van der Waals surface area (Å²) in [5.41, 5.74) is 2.18. The average molecular weight is 522 g/mol. The van der Waals surface area contributed by atoms with Gasteiger partial charge in [0.2, 0.25) is 5.91 Å². The molecule has 1 aliphatic rings. The number of fused-ring (bicyclic) bond motifs is 1. The summed E-state index contributed by atoms with van der Waals surface area (Å²) in [5.74, 6) is 0.507. The highest BCUT2D eigenvalue weighted by Gasteiger charge is 2.31. The van der Waals surface area contributed by atoms with Crippen LogP contribution in [0.1, 0.15) is 37.0 Å². The fraction of sp³-hybridized carbons (Fsp3) is 0.346. The molecule has 11 heteroatoms. The zero-order valence-electron chi connectivity index (χ0n) is 20.9. The van der Waals surface area contributed by atoms with Gasteiger partial charge in [-0.1, -0.05) is 25.4 Å². The molecule has 192 valence electrons. The molecule has 0 saturated carbocycles. The van der Waals surface area contributed by atoms with E-state index >= 15 is 0 Å². The van der Waals surface area contributed by atoms with Crippen LogP contribution in [0.25, 0.3) is 16.9 Å². The van der Waals surface area contributed by atoms with E-state index in [1.165, 1.54) is 10.7 Å². The van der Waals surface area contributed by atoms with Crippen molar-refractivity contribution in [2.24, 2.45) is 5.92 Å². The molecular weight excluding hydrogens is 494 g/mol. The standard InChI is InChI=1S/C26H28ClN7O3/c1-16(2)21-6-4-10-33(21)23(35)15-32-14-20(24(31-32)18-12-17(27)7-8-22(18)37-3)30-26(36)19-13-29-34-11-5-9-28-25(19)34/h5,7-9,11-14,16,21H,4,6,10,15H2,1-3H3,(H,30,36). The summed E-state index contributed by atoms with van der Waals surface area (Å²) in [5, 5.41) is 12.3. The molecule has 1 saturated heterocycles. The van der Waals surface area contributed by atoms with Gasteiger partial charge in [-0.15, -0.1) is 0 Å². The molecule has 1 atom stereocenters. The van der Waals surface area contributed by atoms with Gasteiger partial charge in [0.15, 0.2) is 5.65 Å². The van der Waals surface area contributed by atoms with E-state index in [2.05, 4.69) is 34.3 Å². The van der Waals surface area contributed by atoms with Crippen LogP contribution in [0.4, 0.5) is 5.69 Å². The number of methoxy groups -OCH3 is 1. The largest absolute Gasteiger partial charge is 0.496 e. The number of hydrogen-bond donors (Lipinski definition) is 1. The maximum Gasteiger partial charge on any atom is 0.261 e. The normalized spacial score (nSPS) is 15.5. The molecule has 1 fully saturated rings. The Bertz CT molecular complexity index is 1460. The highest BCUT2D eigenvalue weighted by molar-refractivity contribution is 6.31. The fourth-order valence-corrected chi connectivity index (χ4v) is 5.03. The number of benzene rings is 1. The topological polar surface area (TPSA) is 107 Å². The number of nitrogens with one attached hydrogen (secondary N) is 1. The van der Waals surface area contributed by atoms with Crippen LogP contribution in [0.2, 0.25) is 5.02 Å². The van der Waals surface area contributed by atoms with Crippen LogP contribution >= 0.6 is 11.6 Å². The molecule has 4 aromatic rings. The van der Waals surface area contributed by atoms with Crippen LogP contribution < -0.4 is 10.1 Å². The lowest BCUT2D eigenvalue weighted by molar-refractivity contribution is -0.133. The molecule has 1 unspecified atom stereocenters. The number of amides is 2. The molecule has 5 rings (SSSR count). The van der Waals surface area contributed by atoms with E-state index in [0.29, 0.717) is 44.8 Å². The van der Waals surface area contributed by atoms with E-state index in [0.717, 1.165) is 19.4 Å². The van der Waals surface area contributed by atoms with E-state index in [4.69, 9.17) is 16.3 Å². The summed E-state index contributed by atoms with van der Waals surface area (Å²) in [6, 6.07) is 7.12. The number of carbonyl (C=O) groups is 2. The highest BCUT2D eigenvalue weighted by atomic mass is 35.5. The molecule has 0 aliphatic carbocycles. The number of ether oxygens (including phenoxy) is 1. The Morgan fingerprint density at radius 3 is 2.92 bits per heavy atom. The number of hydrogen-bond acceptors (Lipinski definition) is 6. The van der Waals surface area contributed by atoms with Crippen molar-refractivity contribution in [2.45, 2.75) is 39.3 Å². The Labute approximate surface area is 219 Å². The Morgan fingerprint density at radius 1 is 1.30 bits per heavy atom. The van der Waals surface area contributed by atoms with E-state index in [1.54, 1.807) is 54.6 Å². The van der Waals surface area contributed by atoms with Gasteiger partial charge in [0, 0.05) is 41.8 Å². The van der Waals surface area contributed by atoms with Crippen molar-refractivity contribution in [1.29, 1.82) is 0 Å². The first-order valence-corrected chi connectivity index (χ1v) is 12.5. The maximum absolute atomic E-state index is 13.3. The highest BCUT2D eigenvalue weighted by Crippen LogP contribution is 2.36. The summed E-state index contributed by atoms with van der Waals surface area (Å²) in [4.78, 5) is 32.7. The first-order chi connectivity index (χ1) is 17.9. The molecule has 0 radical (unpaired) electrons. The SMILES string of the molecule is COc1ccc(Cl)cc1-c1nn(CC(=O)N2CCCC2C(C)C)cc1NC(=O)c1cnn2cccnc12. The van der Waals surface area contributed by atoms with Crippen molar-refractivity contribution < 1.29 is 14.3 Å². The number of aromatic nitrogens is 5. The minimum Gasteiger partial charge on any atom is -0.496 e. The van der Waals surface area contributed by atoms with Crippen LogP contribution in [0, 0.1) is 5.92 Å². The van der Waals surface area contributed by atoms with Gasteiger partial charge in [-0.25, -0.2) is 9.50 Å². The summed E-state index contributed by atoms with van der Waals surface area (Å²) in [6.07, 6.45) is 8.43. The quantitative estimate of drug-likeness (QED) is 0.391. The first kappa shape index (κ1) is 24.8. The van der Waals surface area contributed by atoms with Crippen molar-refractivity contribution in [3.8, 4) is 17.0 Å². The summed E-state index contributed by atoms with van der Waals surface area (Å²) in [6.45, 7) is 5.06. The summed E-state index contributed by atoms with van der Waals surface area (Å²) in [7, 11) is 1.55. The van der Waals surface area contributed by atoms with Crippen LogP contribution in [0.3, 0.4) is 0 Å². The maximum atomic E-state index is 13.3. The van der Waals surface area contributed by atoms with E-state index in [1.807, 2.05) is 4.90 Å². The van der Waals surface area contributed by atoms with Gasteiger partial charge in [0.05, 0.1) is 19.0 Å². The number of rotatable bonds is 7. The van der Waals surface area contributed by atoms with Crippen molar-refractivity contribution >= 4 is 34.7 Å². The van der Waals surface area contributed by atoms with Gasteiger partial charge >= 0.3 is 0 Å². The Hall–Kier alpha value is -3.92. The third-order valence-corrected chi connectivity index (χ3v) is 6.87. The molecule has 3 aromatic heterocycles. The lowest BCUT2D eigenvalue weighted by Crippen LogP contribution is -2.40. The van der Waals surface area contributed by atoms with Crippen LogP contribution in [0.5, 0.6) is 5.75 Å². The molecule has 0 spiro atoms. The van der Waals surface area contributed by atoms with E-state index < -0.39 is 5.91 Å². The zero-order chi connectivity index (χ0) is 26.1. The number of likely N-dealkylation sites (tertiary alicyclic amines) is 1. The fourth-order valence-electron chi connectivity index (χ4n) is 4.86. The average Bonchev–Trinajstić information content (AvgIpc) is 3.62. The predicted molar refractivity (Wildman–Crippen MR) is 140 cm³/mol. The Balaban J connectivity index is 1.50. The summed E-state index contributed by atoms with van der Waals surface area (Å²) >= 11 is 6.29.